The molecule has 0 saturated heterocycles. The SMILES string of the molecule is CC(=O)N(Cc1ccc2c(c1)CN(S(=O)(=O)c1c(C)cc(C)cc1C)CCO2)c1ccc(C)cc1. The molecule has 0 fully saturated rings. The lowest BCUT2D eigenvalue weighted by atomic mass is 10.1. The summed E-state index contributed by atoms with van der Waals surface area (Å²) in [7, 11) is -3.71. The molecule has 1 aliphatic heterocycles. The number of fused-ring (bicyclic) bond motifs is 1. The Labute approximate surface area is 208 Å². The first-order valence-electron chi connectivity index (χ1n) is 11.7. The van der Waals surface area contributed by atoms with Crippen molar-refractivity contribution in [3.63, 3.8) is 0 Å². The van der Waals surface area contributed by atoms with E-state index in [4.69, 9.17) is 4.74 Å². The van der Waals surface area contributed by atoms with Crippen LogP contribution in [0.1, 0.15) is 40.3 Å². The fraction of sp³-hybridized carbons (Fsp3) is 0.321. The standard InChI is InChI=1S/C28H32N2O4S/c1-19-6-9-26(10-7-19)30(23(5)31)17-24-8-11-27-25(16-24)18-29(12-13-34-27)35(32,33)28-21(3)14-20(2)15-22(28)4/h6-11,14-16H,12-13,17-18H2,1-5H3. The molecule has 3 aromatic rings. The first-order valence-corrected chi connectivity index (χ1v) is 13.2. The summed E-state index contributed by atoms with van der Waals surface area (Å²) >= 11 is 0. The second kappa shape index (κ2) is 9.84. The van der Waals surface area contributed by atoms with Gasteiger partial charge in [-0.25, -0.2) is 8.42 Å². The maximum absolute atomic E-state index is 13.7. The average Bonchev–Trinajstić information content (AvgIpc) is 3.00. The quantitative estimate of drug-likeness (QED) is 0.500. The predicted molar refractivity (Wildman–Crippen MR) is 138 cm³/mol. The average molecular weight is 493 g/mol. The molecule has 4 rings (SSSR count). The number of nitrogens with zero attached hydrogens (tertiary/aromatic N) is 2. The number of rotatable bonds is 5. The third-order valence-electron chi connectivity index (χ3n) is 6.34. The van der Waals surface area contributed by atoms with Gasteiger partial charge in [0.15, 0.2) is 0 Å². The highest BCUT2D eigenvalue weighted by molar-refractivity contribution is 7.89. The molecule has 3 aromatic carbocycles. The van der Waals surface area contributed by atoms with Crippen LogP contribution < -0.4 is 9.64 Å². The Morgan fingerprint density at radius 1 is 0.943 bits per heavy atom. The van der Waals surface area contributed by atoms with Crippen molar-refractivity contribution in [1.29, 1.82) is 0 Å². The fourth-order valence-corrected chi connectivity index (χ4v) is 6.54. The van der Waals surface area contributed by atoms with E-state index in [1.165, 1.54) is 4.31 Å². The van der Waals surface area contributed by atoms with Gasteiger partial charge in [-0.2, -0.15) is 4.31 Å². The molecule has 0 unspecified atom stereocenters. The van der Waals surface area contributed by atoms with E-state index < -0.39 is 10.0 Å². The van der Waals surface area contributed by atoms with Gasteiger partial charge in [0.25, 0.3) is 0 Å². The summed E-state index contributed by atoms with van der Waals surface area (Å²) in [6, 6.07) is 17.4. The highest BCUT2D eigenvalue weighted by Crippen LogP contribution is 2.31. The van der Waals surface area contributed by atoms with Crippen molar-refractivity contribution in [3.8, 4) is 5.75 Å². The number of anilines is 1. The molecular weight excluding hydrogens is 460 g/mol. The van der Waals surface area contributed by atoms with E-state index in [0.29, 0.717) is 17.2 Å². The third kappa shape index (κ3) is 5.26. The summed E-state index contributed by atoms with van der Waals surface area (Å²) in [6.45, 7) is 10.3. The van der Waals surface area contributed by atoms with Crippen LogP contribution in [0.15, 0.2) is 59.5 Å². The fourth-order valence-electron chi connectivity index (χ4n) is 4.72. The minimum atomic E-state index is -3.71. The Kier molecular flexibility index (Phi) is 7.01. The first-order chi connectivity index (χ1) is 16.6. The minimum Gasteiger partial charge on any atom is -0.492 e. The van der Waals surface area contributed by atoms with Crippen molar-refractivity contribution in [3.05, 3.63) is 88.0 Å². The van der Waals surface area contributed by atoms with E-state index in [9.17, 15) is 13.2 Å². The Balaban J connectivity index is 1.65. The molecule has 0 spiro atoms. The predicted octanol–water partition coefficient (Wildman–Crippen LogP) is 5.06. The number of benzene rings is 3. The van der Waals surface area contributed by atoms with E-state index in [1.54, 1.807) is 11.8 Å². The maximum Gasteiger partial charge on any atom is 0.244 e. The molecule has 0 atom stereocenters. The Morgan fingerprint density at radius 3 is 2.23 bits per heavy atom. The maximum atomic E-state index is 13.7. The zero-order valence-corrected chi connectivity index (χ0v) is 21.8. The number of hydrogen-bond acceptors (Lipinski definition) is 4. The van der Waals surface area contributed by atoms with Gasteiger partial charge >= 0.3 is 0 Å². The summed E-state index contributed by atoms with van der Waals surface area (Å²) in [5.41, 5.74) is 6.18. The lowest BCUT2D eigenvalue weighted by molar-refractivity contribution is -0.116. The van der Waals surface area contributed by atoms with Gasteiger partial charge in [0.1, 0.15) is 12.4 Å². The van der Waals surface area contributed by atoms with Gasteiger partial charge in [-0.3, -0.25) is 4.79 Å². The van der Waals surface area contributed by atoms with Gasteiger partial charge in [-0.1, -0.05) is 41.5 Å². The summed E-state index contributed by atoms with van der Waals surface area (Å²) in [5.74, 6) is 0.614. The molecular formula is C28H32N2O4S. The van der Waals surface area contributed by atoms with E-state index in [-0.39, 0.29) is 25.6 Å². The van der Waals surface area contributed by atoms with Gasteiger partial charge in [0.05, 0.1) is 11.4 Å². The summed E-state index contributed by atoms with van der Waals surface area (Å²) in [5, 5.41) is 0. The normalized spacial score (nSPS) is 14.1. The lowest BCUT2D eigenvalue weighted by Gasteiger charge is -2.23. The van der Waals surface area contributed by atoms with Crippen LogP contribution in [0, 0.1) is 27.7 Å². The molecule has 0 aliphatic carbocycles. The monoisotopic (exact) mass is 492 g/mol. The van der Waals surface area contributed by atoms with Crippen LogP contribution in [0.3, 0.4) is 0 Å². The molecule has 35 heavy (non-hydrogen) atoms. The Hall–Kier alpha value is -3.16. The van der Waals surface area contributed by atoms with E-state index in [0.717, 1.165) is 39.1 Å². The highest BCUT2D eigenvalue weighted by Gasteiger charge is 2.30. The lowest BCUT2D eigenvalue weighted by Crippen LogP contribution is -2.33. The zero-order valence-electron chi connectivity index (χ0n) is 21.0. The van der Waals surface area contributed by atoms with Crippen molar-refractivity contribution >= 4 is 21.6 Å². The molecule has 1 heterocycles. The number of carbonyl (C=O) groups is 1. The molecule has 1 aliphatic rings. The molecule has 0 N–H and O–H groups in total. The van der Waals surface area contributed by atoms with Gasteiger partial charge in [0.2, 0.25) is 15.9 Å². The first kappa shape index (κ1) is 24.9. The van der Waals surface area contributed by atoms with Crippen molar-refractivity contribution < 1.29 is 17.9 Å². The summed E-state index contributed by atoms with van der Waals surface area (Å²) < 4.78 is 34.8. The van der Waals surface area contributed by atoms with Crippen molar-refractivity contribution in [2.75, 3.05) is 18.1 Å². The molecule has 184 valence electrons. The van der Waals surface area contributed by atoms with Crippen molar-refractivity contribution in [2.24, 2.45) is 0 Å². The Bertz CT molecular complexity index is 1340. The van der Waals surface area contributed by atoms with Crippen molar-refractivity contribution in [1.82, 2.24) is 4.31 Å². The van der Waals surface area contributed by atoms with E-state index >= 15 is 0 Å². The van der Waals surface area contributed by atoms with Crippen LogP contribution in [0.5, 0.6) is 5.75 Å². The summed E-state index contributed by atoms with van der Waals surface area (Å²) in [6.07, 6.45) is 0. The highest BCUT2D eigenvalue weighted by atomic mass is 32.2. The number of carbonyl (C=O) groups excluding carboxylic acids is 1. The van der Waals surface area contributed by atoms with Crippen LogP contribution >= 0.6 is 0 Å². The second-order valence-electron chi connectivity index (χ2n) is 9.30. The Morgan fingerprint density at radius 2 is 1.60 bits per heavy atom. The molecule has 1 amide bonds. The smallest absolute Gasteiger partial charge is 0.244 e. The van der Waals surface area contributed by atoms with Gasteiger partial charge in [-0.05, 0) is 68.7 Å². The summed E-state index contributed by atoms with van der Waals surface area (Å²) in [4.78, 5) is 14.5. The molecule has 6 nitrogen and oxygen atoms in total. The van der Waals surface area contributed by atoms with Crippen LogP contribution in [-0.4, -0.2) is 31.8 Å². The molecule has 0 bridgehead atoms. The number of hydrogen-bond donors (Lipinski definition) is 0. The molecule has 0 radical (unpaired) electrons. The number of aryl methyl sites for hydroxylation is 4. The van der Waals surface area contributed by atoms with Gasteiger partial charge < -0.3 is 9.64 Å². The third-order valence-corrected chi connectivity index (χ3v) is 8.49. The van der Waals surface area contributed by atoms with Gasteiger partial charge in [-0.15, -0.1) is 0 Å². The van der Waals surface area contributed by atoms with Crippen LogP contribution in [0.2, 0.25) is 0 Å². The topological polar surface area (TPSA) is 66.9 Å². The molecule has 7 heteroatoms. The van der Waals surface area contributed by atoms with Crippen LogP contribution in [0.25, 0.3) is 0 Å². The number of ether oxygens (including phenoxy) is 1. The zero-order chi connectivity index (χ0) is 25.3. The van der Waals surface area contributed by atoms with Crippen molar-refractivity contribution in [2.45, 2.75) is 52.6 Å². The van der Waals surface area contributed by atoms with E-state index in [2.05, 4.69) is 0 Å². The minimum absolute atomic E-state index is 0.0606. The number of amides is 1. The second-order valence-corrected chi connectivity index (χ2v) is 11.2. The number of sulfonamides is 1. The van der Waals surface area contributed by atoms with Crippen LogP contribution in [0.4, 0.5) is 5.69 Å². The molecule has 0 saturated carbocycles. The molecule has 0 aromatic heterocycles. The van der Waals surface area contributed by atoms with Gasteiger partial charge in [0, 0.05) is 31.3 Å². The van der Waals surface area contributed by atoms with E-state index in [1.807, 2.05) is 82.3 Å². The largest absolute Gasteiger partial charge is 0.492 e. The van der Waals surface area contributed by atoms with Crippen LogP contribution in [-0.2, 0) is 27.9 Å².